The topological polar surface area (TPSA) is 89.1 Å². The fourth-order valence-corrected chi connectivity index (χ4v) is 2.26. The Kier molecular flexibility index (Phi) is 10.2. The van der Waals surface area contributed by atoms with E-state index in [1.165, 1.54) is 30.5 Å². The SMILES string of the molecule is CC=N/C(=C\C=C(/C)Cl)C(=O)NC(/C=C/C1(C(F)F)COCC(N)=N1)=C/C=C\C. The van der Waals surface area contributed by atoms with Gasteiger partial charge in [-0.25, -0.2) is 8.78 Å². The van der Waals surface area contributed by atoms with Crippen molar-refractivity contribution in [1.82, 2.24) is 5.32 Å². The van der Waals surface area contributed by atoms with Gasteiger partial charge in [-0.1, -0.05) is 23.8 Å². The zero-order chi connectivity index (χ0) is 21.9. The molecule has 0 saturated heterocycles. The lowest BCUT2D eigenvalue weighted by Crippen LogP contribution is -2.45. The average molecular weight is 427 g/mol. The highest BCUT2D eigenvalue weighted by atomic mass is 35.5. The van der Waals surface area contributed by atoms with Gasteiger partial charge in [-0.2, -0.15) is 0 Å². The van der Waals surface area contributed by atoms with E-state index in [0.717, 1.165) is 0 Å². The van der Waals surface area contributed by atoms with Crippen LogP contribution < -0.4 is 11.1 Å². The highest BCUT2D eigenvalue weighted by Crippen LogP contribution is 2.26. The minimum absolute atomic E-state index is 0.00298. The maximum atomic E-state index is 13.7. The molecule has 0 aromatic carbocycles. The summed E-state index contributed by atoms with van der Waals surface area (Å²) in [5.41, 5.74) is 4.01. The van der Waals surface area contributed by atoms with Crippen LogP contribution in [0.3, 0.4) is 0 Å². The molecule has 1 rings (SSSR count). The molecule has 0 aliphatic carbocycles. The number of amidine groups is 1. The Morgan fingerprint density at radius 3 is 2.66 bits per heavy atom. The van der Waals surface area contributed by atoms with Crippen LogP contribution in [0.1, 0.15) is 20.8 Å². The van der Waals surface area contributed by atoms with Crippen LogP contribution in [0.15, 0.2) is 68.9 Å². The van der Waals surface area contributed by atoms with E-state index >= 15 is 0 Å². The molecule has 3 N–H and O–H groups in total. The van der Waals surface area contributed by atoms with E-state index in [9.17, 15) is 13.6 Å². The van der Waals surface area contributed by atoms with Crippen molar-refractivity contribution >= 4 is 29.6 Å². The predicted octanol–water partition coefficient (Wildman–Crippen LogP) is 3.63. The summed E-state index contributed by atoms with van der Waals surface area (Å²) in [5, 5.41) is 3.10. The summed E-state index contributed by atoms with van der Waals surface area (Å²) in [5.74, 6) is -0.554. The summed E-state index contributed by atoms with van der Waals surface area (Å²) < 4.78 is 32.4. The summed E-state index contributed by atoms with van der Waals surface area (Å²) in [6.45, 7) is 4.77. The van der Waals surface area contributed by atoms with Gasteiger partial charge in [0.05, 0.1) is 6.61 Å². The zero-order valence-corrected chi connectivity index (χ0v) is 17.3. The van der Waals surface area contributed by atoms with E-state index in [0.29, 0.717) is 5.03 Å². The second-order valence-electron chi connectivity index (χ2n) is 6.02. The molecular weight excluding hydrogens is 402 g/mol. The van der Waals surface area contributed by atoms with Crippen LogP contribution in [0.4, 0.5) is 8.78 Å². The number of nitrogens with two attached hydrogens (primary N) is 1. The lowest BCUT2D eigenvalue weighted by molar-refractivity contribution is -0.116. The van der Waals surface area contributed by atoms with Crippen molar-refractivity contribution < 1.29 is 18.3 Å². The molecule has 0 spiro atoms. The van der Waals surface area contributed by atoms with E-state index in [-0.39, 0.29) is 30.4 Å². The fourth-order valence-electron chi connectivity index (χ4n) is 2.20. The molecule has 0 fully saturated rings. The van der Waals surface area contributed by atoms with Crippen LogP contribution in [0.5, 0.6) is 0 Å². The Morgan fingerprint density at radius 1 is 1.38 bits per heavy atom. The Balaban J connectivity index is 3.19. The first kappa shape index (κ1) is 24.5. The monoisotopic (exact) mass is 426 g/mol. The zero-order valence-electron chi connectivity index (χ0n) is 16.5. The van der Waals surface area contributed by atoms with Gasteiger partial charge in [-0.15, -0.1) is 0 Å². The van der Waals surface area contributed by atoms with E-state index in [1.54, 1.807) is 39.0 Å². The van der Waals surface area contributed by atoms with Crippen LogP contribution >= 0.6 is 11.6 Å². The van der Waals surface area contributed by atoms with Crippen LogP contribution in [-0.4, -0.2) is 43.1 Å². The first-order valence-corrected chi connectivity index (χ1v) is 9.18. The van der Waals surface area contributed by atoms with Gasteiger partial charge in [0.1, 0.15) is 18.1 Å². The lowest BCUT2D eigenvalue weighted by atomic mass is 10.00. The highest BCUT2D eigenvalue weighted by Gasteiger charge is 2.40. The van der Waals surface area contributed by atoms with Crippen molar-refractivity contribution in [1.29, 1.82) is 0 Å². The molecule has 158 valence electrons. The third kappa shape index (κ3) is 8.13. The van der Waals surface area contributed by atoms with E-state index in [1.807, 2.05) is 0 Å². The van der Waals surface area contributed by atoms with Gasteiger partial charge in [0.2, 0.25) is 0 Å². The number of aliphatic imine (C=N–C) groups is 2. The summed E-state index contributed by atoms with van der Waals surface area (Å²) in [6, 6.07) is 0. The van der Waals surface area contributed by atoms with Crippen LogP contribution in [0.2, 0.25) is 0 Å². The molecule has 6 nitrogen and oxygen atoms in total. The van der Waals surface area contributed by atoms with Gasteiger partial charge in [0, 0.05) is 16.9 Å². The molecular formula is C20H25ClF2N4O2. The second kappa shape index (κ2) is 12.1. The van der Waals surface area contributed by atoms with Gasteiger partial charge in [-0.05, 0) is 51.2 Å². The van der Waals surface area contributed by atoms with Crippen LogP contribution in [0, 0.1) is 0 Å². The summed E-state index contributed by atoms with van der Waals surface area (Å²) in [4.78, 5) is 20.4. The number of alkyl halides is 2. The smallest absolute Gasteiger partial charge is 0.274 e. The number of rotatable bonds is 8. The molecule has 0 bridgehead atoms. The molecule has 0 radical (unpaired) electrons. The molecule has 1 heterocycles. The van der Waals surface area contributed by atoms with E-state index in [2.05, 4.69) is 15.3 Å². The van der Waals surface area contributed by atoms with Gasteiger partial charge < -0.3 is 15.8 Å². The minimum atomic E-state index is -2.84. The van der Waals surface area contributed by atoms with Gasteiger partial charge in [-0.3, -0.25) is 14.8 Å². The van der Waals surface area contributed by atoms with Crippen molar-refractivity contribution in [2.75, 3.05) is 13.2 Å². The predicted molar refractivity (Wildman–Crippen MR) is 113 cm³/mol. The second-order valence-corrected chi connectivity index (χ2v) is 6.61. The number of allylic oxidation sites excluding steroid dienone is 7. The maximum absolute atomic E-state index is 13.7. The first-order valence-electron chi connectivity index (χ1n) is 8.80. The molecule has 0 saturated carbocycles. The summed E-state index contributed by atoms with van der Waals surface area (Å²) in [7, 11) is 0. The highest BCUT2D eigenvalue weighted by molar-refractivity contribution is 6.29. The molecule has 29 heavy (non-hydrogen) atoms. The quantitative estimate of drug-likeness (QED) is 0.353. The average Bonchev–Trinajstić information content (AvgIpc) is 2.66. The molecule has 9 heteroatoms. The molecule has 1 aliphatic rings. The number of hydrogen-bond donors (Lipinski definition) is 2. The van der Waals surface area contributed by atoms with Gasteiger partial charge >= 0.3 is 0 Å². The number of nitrogens with zero attached hydrogens (tertiary/aromatic N) is 2. The minimum Gasteiger partial charge on any atom is -0.385 e. The lowest BCUT2D eigenvalue weighted by Gasteiger charge is -2.29. The Morgan fingerprint density at radius 2 is 2.10 bits per heavy atom. The number of carbonyl (C=O) groups is 1. The standard InChI is InChI=1S/C20H25ClF2N4O2/c1-4-6-7-15(26-18(28)16(25-5-2)9-8-14(3)21)10-11-20(19(22)23)13-29-12-17(24)27-20/h4-11,19H,12-13H2,1-3H3,(H2,24,27)(H,26,28)/b6-4-,11-10+,14-8+,15-7+,16-9-,25-5?. The number of amides is 1. The molecule has 1 aliphatic heterocycles. The number of halogens is 3. The molecule has 1 atom stereocenters. The number of carbonyl (C=O) groups excluding carboxylic acids is 1. The largest absolute Gasteiger partial charge is 0.385 e. The maximum Gasteiger partial charge on any atom is 0.274 e. The first-order chi connectivity index (χ1) is 13.7. The molecule has 0 aromatic heterocycles. The number of hydrogen-bond acceptors (Lipinski definition) is 5. The van der Waals surface area contributed by atoms with Crippen molar-refractivity contribution in [3.63, 3.8) is 0 Å². The van der Waals surface area contributed by atoms with Crippen LogP contribution in [-0.2, 0) is 9.53 Å². The van der Waals surface area contributed by atoms with Crippen molar-refractivity contribution in [3.8, 4) is 0 Å². The Bertz CT molecular complexity index is 794. The summed E-state index contributed by atoms with van der Waals surface area (Å²) in [6.07, 6.45) is 9.04. The third-order valence-corrected chi connectivity index (χ3v) is 3.69. The Hall–Kier alpha value is -2.58. The Labute approximate surface area is 174 Å². The van der Waals surface area contributed by atoms with Crippen molar-refractivity contribution in [2.45, 2.75) is 32.7 Å². The summed E-state index contributed by atoms with van der Waals surface area (Å²) >= 11 is 5.79. The van der Waals surface area contributed by atoms with Gasteiger partial charge in [0.15, 0.2) is 5.54 Å². The molecule has 1 unspecified atom stereocenters. The fraction of sp³-hybridized carbons (Fsp3) is 0.350. The molecule has 0 aromatic rings. The molecule has 1 amide bonds. The number of ether oxygens (including phenoxy) is 1. The van der Waals surface area contributed by atoms with E-state index < -0.39 is 17.9 Å². The van der Waals surface area contributed by atoms with Crippen molar-refractivity contribution in [3.05, 3.63) is 59.0 Å². The number of nitrogens with one attached hydrogen (secondary N) is 1. The van der Waals surface area contributed by atoms with Gasteiger partial charge in [0.25, 0.3) is 12.3 Å². The van der Waals surface area contributed by atoms with E-state index in [4.69, 9.17) is 22.1 Å². The normalized spacial score (nSPS) is 22.2. The van der Waals surface area contributed by atoms with Crippen molar-refractivity contribution in [2.24, 2.45) is 15.7 Å². The van der Waals surface area contributed by atoms with Crippen LogP contribution in [0.25, 0.3) is 0 Å². The third-order valence-electron chi connectivity index (χ3n) is 3.56.